The van der Waals surface area contributed by atoms with Crippen LogP contribution < -0.4 is 10.2 Å². The van der Waals surface area contributed by atoms with Gasteiger partial charge in [-0.1, -0.05) is 23.7 Å². The molecule has 0 radical (unpaired) electrons. The van der Waals surface area contributed by atoms with Crippen LogP contribution >= 0.6 is 11.6 Å². The smallest absolute Gasteiger partial charge is 0.259 e. The zero-order valence-corrected chi connectivity index (χ0v) is 21.0. The van der Waals surface area contributed by atoms with Gasteiger partial charge in [0, 0.05) is 37.9 Å². The highest BCUT2D eigenvalue weighted by Crippen LogP contribution is 2.29. The first-order chi connectivity index (χ1) is 17.5. The molecule has 2 aromatic carbocycles. The van der Waals surface area contributed by atoms with Crippen LogP contribution in [0, 0.1) is 18.3 Å². The van der Waals surface area contributed by atoms with Gasteiger partial charge in [0.2, 0.25) is 0 Å². The fourth-order valence-corrected chi connectivity index (χ4v) is 5.31. The summed E-state index contributed by atoms with van der Waals surface area (Å²) in [5.41, 5.74) is 3.89. The Kier molecular flexibility index (Phi) is 7.23. The van der Waals surface area contributed by atoms with Crippen LogP contribution in [0.4, 0.5) is 11.4 Å². The summed E-state index contributed by atoms with van der Waals surface area (Å²) in [4.78, 5) is 17.8. The second kappa shape index (κ2) is 10.7. The van der Waals surface area contributed by atoms with Crippen molar-refractivity contribution in [3.63, 3.8) is 0 Å². The number of amides is 1. The van der Waals surface area contributed by atoms with Gasteiger partial charge in [0.05, 0.1) is 52.6 Å². The monoisotopic (exact) mass is 504 g/mol. The van der Waals surface area contributed by atoms with E-state index in [1.807, 2.05) is 37.3 Å². The summed E-state index contributed by atoms with van der Waals surface area (Å²) >= 11 is 6.31. The van der Waals surface area contributed by atoms with Crippen molar-refractivity contribution in [3.8, 4) is 11.8 Å². The van der Waals surface area contributed by atoms with Crippen LogP contribution in [0.25, 0.3) is 5.69 Å². The van der Waals surface area contributed by atoms with Crippen molar-refractivity contribution < 1.29 is 9.53 Å². The number of morpholine rings is 1. The number of halogens is 1. The maximum atomic E-state index is 13.0. The van der Waals surface area contributed by atoms with E-state index in [0.717, 1.165) is 57.9 Å². The standard InChI is InChI=1S/C27H29ClN6O2/c1-19-23(18-30-34(19)26-5-3-2-4-24(26)28)27(35)31-21-6-7-25(20(16-21)17-29)33-10-8-22(9-11-33)32-12-14-36-15-13-32/h2-7,16,18,22H,8-15H2,1H3,(H,31,35). The molecule has 186 valence electrons. The fraction of sp³-hybridized carbons (Fsp3) is 0.370. The molecule has 36 heavy (non-hydrogen) atoms. The second-order valence-corrected chi connectivity index (χ2v) is 9.58. The summed E-state index contributed by atoms with van der Waals surface area (Å²) in [7, 11) is 0. The number of anilines is 2. The van der Waals surface area contributed by atoms with Gasteiger partial charge in [0.1, 0.15) is 6.07 Å². The summed E-state index contributed by atoms with van der Waals surface area (Å²) in [6.07, 6.45) is 3.67. The van der Waals surface area contributed by atoms with Gasteiger partial charge < -0.3 is 15.0 Å². The molecule has 1 amide bonds. The Labute approximate surface area is 216 Å². The maximum absolute atomic E-state index is 13.0. The molecule has 2 aliphatic rings. The number of nitriles is 1. The van der Waals surface area contributed by atoms with Gasteiger partial charge in [-0.3, -0.25) is 9.69 Å². The van der Waals surface area contributed by atoms with Crippen LogP contribution in [0.5, 0.6) is 0 Å². The molecule has 5 rings (SSSR count). The average Bonchev–Trinajstić information content (AvgIpc) is 3.30. The largest absolute Gasteiger partial charge is 0.379 e. The summed E-state index contributed by atoms with van der Waals surface area (Å²) in [5.74, 6) is -0.284. The van der Waals surface area contributed by atoms with E-state index in [1.165, 1.54) is 6.20 Å². The summed E-state index contributed by atoms with van der Waals surface area (Å²) in [6, 6.07) is 15.8. The molecule has 0 aliphatic carbocycles. The third-order valence-corrected chi connectivity index (χ3v) is 7.40. The molecule has 0 spiro atoms. The molecule has 8 nitrogen and oxygen atoms in total. The van der Waals surface area contributed by atoms with Gasteiger partial charge in [0.25, 0.3) is 5.91 Å². The highest BCUT2D eigenvalue weighted by Gasteiger charge is 2.27. The van der Waals surface area contributed by atoms with Crippen LogP contribution in [-0.4, -0.2) is 66.0 Å². The number of piperidine rings is 1. The lowest BCUT2D eigenvalue weighted by Crippen LogP contribution is -2.49. The normalized spacial score (nSPS) is 17.1. The van der Waals surface area contributed by atoms with Crippen LogP contribution in [0.2, 0.25) is 5.02 Å². The van der Waals surface area contributed by atoms with E-state index >= 15 is 0 Å². The van der Waals surface area contributed by atoms with Gasteiger partial charge in [-0.05, 0) is 50.1 Å². The molecule has 0 saturated carbocycles. The van der Waals surface area contributed by atoms with Crippen LogP contribution in [0.15, 0.2) is 48.7 Å². The molecule has 9 heteroatoms. The maximum Gasteiger partial charge on any atom is 0.259 e. The predicted molar refractivity (Wildman–Crippen MR) is 140 cm³/mol. The molecule has 3 aromatic rings. The van der Waals surface area contributed by atoms with E-state index in [-0.39, 0.29) is 5.91 Å². The van der Waals surface area contributed by atoms with E-state index in [4.69, 9.17) is 16.3 Å². The lowest BCUT2D eigenvalue weighted by atomic mass is 10.0. The van der Waals surface area contributed by atoms with E-state index in [9.17, 15) is 10.1 Å². The molecule has 1 N–H and O–H groups in total. The van der Waals surface area contributed by atoms with Gasteiger partial charge in [-0.25, -0.2) is 4.68 Å². The van der Waals surface area contributed by atoms with Crippen molar-refractivity contribution in [1.29, 1.82) is 5.26 Å². The summed E-state index contributed by atoms with van der Waals surface area (Å²) in [6.45, 7) is 7.26. The number of hydrogen-bond donors (Lipinski definition) is 1. The number of rotatable bonds is 5. The molecule has 3 heterocycles. The Morgan fingerprint density at radius 1 is 1.11 bits per heavy atom. The molecule has 2 saturated heterocycles. The zero-order valence-electron chi connectivity index (χ0n) is 20.3. The number of carbonyl (C=O) groups is 1. The van der Waals surface area contributed by atoms with Crippen molar-refractivity contribution in [2.45, 2.75) is 25.8 Å². The minimum Gasteiger partial charge on any atom is -0.379 e. The molecular weight excluding hydrogens is 476 g/mol. The van der Waals surface area contributed by atoms with Crippen molar-refractivity contribution in [2.24, 2.45) is 0 Å². The van der Waals surface area contributed by atoms with Crippen LogP contribution in [0.1, 0.15) is 34.5 Å². The quantitative estimate of drug-likeness (QED) is 0.558. The number of ether oxygens (including phenoxy) is 1. The van der Waals surface area contributed by atoms with Gasteiger partial charge in [-0.2, -0.15) is 10.4 Å². The van der Waals surface area contributed by atoms with E-state index < -0.39 is 0 Å². The Morgan fingerprint density at radius 2 is 1.86 bits per heavy atom. The number of carbonyl (C=O) groups excluding carboxylic acids is 1. The number of aromatic nitrogens is 2. The first-order valence-electron chi connectivity index (χ1n) is 12.3. The lowest BCUT2D eigenvalue weighted by Gasteiger charge is -2.41. The van der Waals surface area contributed by atoms with E-state index in [2.05, 4.69) is 26.3 Å². The van der Waals surface area contributed by atoms with Crippen LogP contribution in [0.3, 0.4) is 0 Å². The zero-order chi connectivity index (χ0) is 25.1. The van der Waals surface area contributed by atoms with Crippen molar-refractivity contribution >= 4 is 28.9 Å². The Morgan fingerprint density at radius 3 is 2.58 bits per heavy atom. The van der Waals surface area contributed by atoms with E-state index in [0.29, 0.717) is 39.3 Å². The molecule has 1 aromatic heterocycles. The average molecular weight is 505 g/mol. The molecular formula is C27H29ClN6O2. The summed E-state index contributed by atoms with van der Waals surface area (Å²) in [5, 5.41) is 17.7. The number of para-hydroxylation sites is 1. The number of nitrogens with one attached hydrogen (secondary N) is 1. The molecule has 2 fully saturated rings. The Hall–Kier alpha value is -3.38. The molecule has 0 bridgehead atoms. The first-order valence-corrected chi connectivity index (χ1v) is 12.6. The lowest BCUT2D eigenvalue weighted by molar-refractivity contribution is 0.0115. The number of nitrogens with zero attached hydrogens (tertiary/aromatic N) is 5. The number of hydrogen-bond acceptors (Lipinski definition) is 6. The van der Waals surface area contributed by atoms with Crippen molar-refractivity contribution in [1.82, 2.24) is 14.7 Å². The highest BCUT2D eigenvalue weighted by molar-refractivity contribution is 6.32. The van der Waals surface area contributed by atoms with E-state index in [1.54, 1.807) is 16.8 Å². The summed E-state index contributed by atoms with van der Waals surface area (Å²) < 4.78 is 7.14. The first kappa shape index (κ1) is 24.3. The SMILES string of the molecule is Cc1c(C(=O)Nc2ccc(N3CCC(N4CCOCC4)CC3)c(C#N)c2)cnn1-c1ccccc1Cl. The van der Waals surface area contributed by atoms with Gasteiger partial charge in [-0.15, -0.1) is 0 Å². The fourth-order valence-electron chi connectivity index (χ4n) is 5.09. The van der Waals surface area contributed by atoms with Gasteiger partial charge >= 0.3 is 0 Å². The minimum absolute atomic E-state index is 0.284. The number of benzene rings is 2. The Balaban J connectivity index is 1.27. The second-order valence-electron chi connectivity index (χ2n) is 9.17. The molecule has 2 aliphatic heterocycles. The predicted octanol–water partition coefficient (Wildman–Crippen LogP) is 4.26. The third kappa shape index (κ3) is 4.96. The van der Waals surface area contributed by atoms with Crippen LogP contribution in [-0.2, 0) is 4.74 Å². The van der Waals surface area contributed by atoms with Crippen molar-refractivity contribution in [2.75, 3.05) is 49.6 Å². The molecule has 0 unspecified atom stereocenters. The highest BCUT2D eigenvalue weighted by atomic mass is 35.5. The third-order valence-electron chi connectivity index (χ3n) is 7.08. The van der Waals surface area contributed by atoms with Gasteiger partial charge in [0.15, 0.2) is 0 Å². The van der Waals surface area contributed by atoms with Crippen molar-refractivity contribution in [3.05, 3.63) is 70.5 Å². The minimum atomic E-state index is -0.284. The Bertz CT molecular complexity index is 1290. The topological polar surface area (TPSA) is 86.4 Å². The molecule has 0 atom stereocenters.